The Morgan fingerprint density at radius 1 is 1.27 bits per heavy atom. The summed E-state index contributed by atoms with van der Waals surface area (Å²) in [7, 11) is 0. The minimum Gasteiger partial charge on any atom is -0.398 e. The number of anilines is 1. The van der Waals surface area contributed by atoms with Crippen molar-refractivity contribution in [1.82, 2.24) is 4.98 Å². The topological polar surface area (TPSA) is 38.9 Å². The Labute approximate surface area is 105 Å². The van der Waals surface area contributed by atoms with Crippen LogP contribution < -0.4 is 5.73 Å². The van der Waals surface area contributed by atoms with E-state index in [1.54, 1.807) is 29.7 Å². The highest BCUT2D eigenvalue weighted by Crippen LogP contribution is 2.37. The van der Waals surface area contributed by atoms with Crippen molar-refractivity contribution in [2.45, 2.75) is 9.24 Å². The van der Waals surface area contributed by atoms with E-state index < -0.39 is 0 Å². The van der Waals surface area contributed by atoms with Gasteiger partial charge in [0.05, 0.1) is 10.0 Å². The van der Waals surface area contributed by atoms with Crippen molar-refractivity contribution in [3.63, 3.8) is 0 Å². The van der Waals surface area contributed by atoms with Gasteiger partial charge in [-0.3, -0.25) is 0 Å². The molecule has 2 rings (SSSR count). The van der Waals surface area contributed by atoms with E-state index in [-0.39, 0.29) is 0 Å². The number of thiazole rings is 1. The van der Waals surface area contributed by atoms with E-state index in [2.05, 4.69) is 4.98 Å². The Balaban J connectivity index is 2.33. The summed E-state index contributed by atoms with van der Waals surface area (Å²) < 4.78 is 0.931. The van der Waals surface area contributed by atoms with E-state index in [9.17, 15) is 0 Å². The molecule has 0 aliphatic carbocycles. The summed E-state index contributed by atoms with van der Waals surface area (Å²) in [6.45, 7) is 0. The van der Waals surface area contributed by atoms with E-state index in [1.807, 2.05) is 5.38 Å². The standard InChI is InChI=1S/C9H6Cl2N2S2/c10-5-3-7(12)8(4-6(5)11)15-9-13-1-2-14-9/h1-4H,12H2. The van der Waals surface area contributed by atoms with Gasteiger partial charge in [-0.1, -0.05) is 35.0 Å². The molecule has 6 heteroatoms. The molecule has 1 heterocycles. The van der Waals surface area contributed by atoms with Crippen LogP contribution >= 0.6 is 46.3 Å². The van der Waals surface area contributed by atoms with Gasteiger partial charge in [0.2, 0.25) is 0 Å². The predicted molar refractivity (Wildman–Crippen MR) is 67.1 cm³/mol. The Kier molecular flexibility index (Phi) is 3.41. The number of hydrogen-bond acceptors (Lipinski definition) is 4. The first-order valence-corrected chi connectivity index (χ1v) is 6.44. The molecule has 0 saturated heterocycles. The van der Waals surface area contributed by atoms with Crippen LogP contribution in [0.5, 0.6) is 0 Å². The second-order valence-corrected chi connectivity index (χ2v) is 5.70. The van der Waals surface area contributed by atoms with Gasteiger partial charge in [0.1, 0.15) is 0 Å². The number of hydrogen-bond donors (Lipinski definition) is 1. The first kappa shape index (κ1) is 11.1. The van der Waals surface area contributed by atoms with E-state index in [4.69, 9.17) is 28.9 Å². The van der Waals surface area contributed by atoms with Crippen LogP contribution in [-0.2, 0) is 0 Å². The maximum atomic E-state index is 5.91. The van der Waals surface area contributed by atoms with Crippen LogP contribution in [0.4, 0.5) is 5.69 Å². The SMILES string of the molecule is Nc1cc(Cl)c(Cl)cc1Sc1nccs1. The summed E-state index contributed by atoms with van der Waals surface area (Å²) in [5.74, 6) is 0. The van der Waals surface area contributed by atoms with Gasteiger partial charge in [-0.2, -0.15) is 0 Å². The number of halogens is 2. The fraction of sp³-hybridized carbons (Fsp3) is 0. The van der Waals surface area contributed by atoms with Crippen LogP contribution in [0.1, 0.15) is 0 Å². The molecule has 0 aliphatic rings. The van der Waals surface area contributed by atoms with E-state index in [0.717, 1.165) is 9.24 Å². The van der Waals surface area contributed by atoms with Gasteiger partial charge in [0.15, 0.2) is 4.34 Å². The van der Waals surface area contributed by atoms with Crippen LogP contribution in [0, 0.1) is 0 Å². The molecule has 0 unspecified atom stereocenters. The number of aromatic nitrogens is 1. The lowest BCUT2D eigenvalue weighted by Gasteiger charge is -2.04. The number of nitrogens with zero attached hydrogens (tertiary/aromatic N) is 1. The van der Waals surface area contributed by atoms with Gasteiger partial charge in [-0.25, -0.2) is 4.98 Å². The summed E-state index contributed by atoms with van der Waals surface area (Å²) in [6, 6.07) is 3.41. The van der Waals surface area contributed by atoms with Crippen molar-refractivity contribution in [2.75, 3.05) is 5.73 Å². The minimum atomic E-state index is 0.470. The Morgan fingerprint density at radius 3 is 2.67 bits per heavy atom. The lowest BCUT2D eigenvalue weighted by Crippen LogP contribution is -1.88. The molecule has 1 aromatic carbocycles. The molecule has 0 aliphatic heterocycles. The smallest absolute Gasteiger partial charge is 0.154 e. The van der Waals surface area contributed by atoms with Crippen molar-refractivity contribution >= 4 is 52.0 Å². The van der Waals surface area contributed by atoms with E-state index in [0.29, 0.717) is 15.7 Å². The molecular formula is C9H6Cl2N2S2. The summed E-state index contributed by atoms with van der Waals surface area (Å²) in [5, 5.41) is 2.89. The second-order valence-electron chi connectivity index (χ2n) is 2.70. The molecule has 2 aromatic rings. The number of nitrogen functional groups attached to an aromatic ring is 1. The molecular weight excluding hydrogens is 271 g/mol. The van der Waals surface area contributed by atoms with Gasteiger partial charge in [-0.15, -0.1) is 11.3 Å². The first-order valence-electron chi connectivity index (χ1n) is 3.98. The molecule has 0 amide bonds. The number of benzene rings is 1. The highest BCUT2D eigenvalue weighted by molar-refractivity contribution is 8.01. The summed E-state index contributed by atoms with van der Waals surface area (Å²) in [5.41, 5.74) is 6.44. The first-order chi connectivity index (χ1) is 7.16. The van der Waals surface area contributed by atoms with Crippen molar-refractivity contribution in [1.29, 1.82) is 0 Å². The van der Waals surface area contributed by atoms with Crippen molar-refractivity contribution in [3.8, 4) is 0 Å². The molecule has 78 valence electrons. The highest BCUT2D eigenvalue weighted by Gasteiger charge is 2.07. The van der Waals surface area contributed by atoms with Gasteiger partial charge in [0, 0.05) is 22.2 Å². The molecule has 2 nitrogen and oxygen atoms in total. The minimum absolute atomic E-state index is 0.470. The van der Waals surface area contributed by atoms with Crippen LogP contribution in [0.15, 0.2) is 32.9 Å². The summed E-state index contributed by atoms with van der Waals surface area (Å²) in [6.07, 6.45) is 1.75. The second kappa shape index (κ2) is 4.61. The summed E-state index contributed by atoms with van der Waals surface area (Å²) in [4.78, 5) is 5.03. The summed E-state index contributed by atoms with van der Waals surface area (Å²) >= 11 is 14.8. The zero-order valence-electron chi connectivity index (χ0n) is 7.41. The monoisotopic (exact) mass is 276 g/mol. The average molecular weight is 277 g/mol. The van der Waals surface area contributed by atoms with Crippen molar-refractivity contribution in [2.24, 2.45) is 0 Å². The number of rotatable bonds is 2. The quantitative estimate of drug-likeness (QED) is 0.837. The van der Waals surface area contributed by atoms with Gasteiger partial charge < -0.3 is 5.73 Å². The fourth-order valence-corrected chi connectivity index (χ4v) is 3.03. The van der Waals surface area contributed by atoms with Crippen LogP contribution in [0.3, 0.4) is 0 Å². The molecule has 0 radical (unpaired) electrons. The van der Waals surface area contributed by atoms with Crippen LogP contribution in [0.2, 0.25) is 10.0 Å². The predicted octanol–water partition coefficient (Wildman–Crippen LogP) is 4.18. The van der Waals surface area contributed by atoms with Gasteiger partial charge >= 0.3 is 0 Å². The Hall–Kier alpha value is -0.420. The third kappa shape index (κ3) is 2.58. The van der Waals surface area contributed by atoms with E-state index >= 15 is 0 Å². The molecule has 0 spiro atoms. The molecule has 0 saturated carbocycles. The average Bonchev–Trinajstić information content (AvgIpc) is 2.67. The third-order valence-electron chi connectivity index (χ3n) is 1.66. The lowest BCUT2D eigenvalue weighted by atomic mass is 10.3. The Morgan fingerprint density at radius 2 is 2.00 bits per heavy atom. The van der Waals surface area contributed by atoms with Gasteiger partial charge in [-0.05, 0) is 12.1 Å². The zero-order valence-corrected chi connectivity index (χ0v) is 10.6. The Bertz CT molecular complexity index is 471. The molecule has 1 aromatic heterocycles. The van der Waals surface area contributed by atoms with Crippen LogP contribution in [-0.4, -0.2) is 4.98 Å². The fourth-order valence-electron chi connectivity index (χ4n) is 0.987. The largest absolute Gasteiger partial charge is 0.398 e. The third-order valence-corrected chi connectivity index (χ3v) is 4.34. The van der Waals surface area contributed by atoms with E-state index in [1.165, 1.54) is 11.8 Å². The molecule has 15 heavy (non-hydrogen) atoms. The maximum Gasteiger partial charge on any atom is 0.154 e. The molecule has 0 fully saturated rings. The highest BCUT2D eigenvalue weighted by atomic mass is 35.5. The molecule has 2 N–H and O–H groups in total. The van der Waals surface area contributed by atoms with Crippen molar-refractivity contribution < 1.29 is 0 Å². The number of nitrogens with two attached hydrogens (primary N) is 1. The lowest BCUT2D eigenvalue weighted by molar-refractivity contribution is 1.25. The normalized spacial score (nSPS) is 10.5. The zero-order chi connectivity index (χ0) is 10.8. The molecule has 0 bridgehead atoms. The van der Waals surface area contributed by atoms with Crippen molar-refractivity contribution in [3.05, 3.63) is 33.8 Å². The molecule has 0 atom stereocenters. The van der Waals surface area contributed by atoms with Gasteiger partial charge in [0.25, 0.3) is 0 Å². The maximum absolute atomic E-state index is 5.91. The van der Waals surface area contributed by atoms with Crippen LogP contribution in [0.25, 0.3) is 0 Å².